The third kappa shape index (κ3) is 16.4. The summed E-state index contributed by atoms with van der Waals surface area (Å²) in [7, 11) is -2.76. The number of aryl methyl sites for hydroxylation is 1. The van der Waals surface area contributed by atoms with Gasteiger partial charge in [0.05, 0.1) is 12.0 Å². The number of aromatic nitrogens is 1. The van der Waals surface area contributed by atoms with E-state index in [1.54, 1.807) is 36.6 Å². The van der Waals surface area contributed by atoms with Gasteiger partial charge in [-0.1, -0.05) is 114 Å². The summed E-state index contributed by atoms with van der Waals surface area (Å²) in [5.74, 6) is 0.292. The number of nitrogens with zero attached hydrogens (tertiary/aromatic N) is 1. The molecule has 0 amide bonds. The van der Waals surface area contributed by atoms with Gasteiger partial charge in [-0.25, -0.2) is 0 Å². The summed E-state index contributed by atoms with van der Waals surface area (Å²) in [6.07, 6.45) is 18.1. The highest BCUT2D eigenvalue weighted by atomic mass is 32.1. The summed E-state index contributed by atoms with van der Waals surface area (Å²) in [5, 5.41) is 2.08. The Morgan fingerprint density at radius 3 is 2.12 bits per heavy atom. The van der Waals surface area contributed by atoms with Gasteiger partial charge in [-0.2, -0.15) is 14.0 Å². The van der Waals surface area contributed by atoms with Crippen molar-refractivity contribution in [3.63, 3.8) is 0 Å². The number of benzene rings is 1. The molecule has 0 fully saturated rings. The van der Waals surface area contributed by atoms with Crippen molar-refractivity contribution < 1.29 is 32.9 Å². The van der Waals surface area contributed by atoms with Crippen LogP contribution in [-0.2, 0) is 20.5 Å². The molecule has 0 saturated carbocycles. The maximum atomic E-state index is 12.5. The normalized spacial score (nSPS) is 13.8. The molecule has 7 nitrogen and oxygen atoms in total. The fraction of sp³-hybridized carbons (Fsp3) is 0.710. The number of hydrogen-bond acceptors (Lipinski definition) is 7. The summed E-state index contributed by atoms with van der Waals surface area (Å²) >= 11 is 1.63. The molecule has 0 aliphatic rings. The van der Waals surface area contributed by atoms with E-state index in [9.17, 15) is 9.79 Å². The van der Waals surface area contributed by atoms with E-state index in [1.165, 1.54) is 77.0 Å². The fourth-order valence-corrected chi connectivity index (χ4v) is 6.12. The van der Waals surface area contributed by atoms with Crippen LogP contribution in [0.2, 0.25) is 0 Å². The molecule has 0 aliphatic heterocycles. The second-order valence-corrected chi connectivity index (χ2v) is 12.8. The van der Waals surface area contributed by atoms with Gasteiger partial charge in [0.25, 0.3) is 0 Å². The first-order chi connectivity index (χ1) is 19.4. The third-order valence-electron chi connectivity index (χ3n) is 7.05. The maximum absolute atomic E-state index is 12.5. The lowest BCUT2D eigenvalue weighted by Crippen LogP contribution is -2.34. The molecule has 1 N–H and O–H groups in total. The van der Waals surface area contributed by atoms with Crippen molar-refractivity contribution in [1.29, 1.82) is 0 Å². The lowest BCUT2D eigenvalue weighted by atomic mass is 10.0. The van der Waals surface area contributed by atoms with Crippen molar-refractivity contribution in [2.45, 2.75) is 116 Å². The first-order valence-corrected chi connectivity index (χ1v) is 17.7. The van der Waals surface area contributed by atoms with E-state index in [0.29, 0.717) is 25.5 Å². The van der Waals surface area contributed by atoms with Crippen molar-refractivity contribution in [2.75, 3.05) is 26.9 Å². The fourth-order valence-electron chi connectivity index (χ4n) is 4.55. The Labute approximate surface area is 247 Å². The lowest BCUT2D eigenvalue weighted by molar-refractivity contribution is -0.689. The van der Waals surface area contributed by atoms with E-state index in [2.05, 4.69) is 16.9 Å². The number of hydrogen-bond donors (Lipinski definition) is 1. The largest absolute Gasteiger partial charge is 0.598 e. The van der Waals surface area contributed by atoms with Crippen LogP contribution in [0.1, 0.15) is 108 Å². The Bertz CT molecular complexity index is 896. The summed E-state index contributed by atoms with van der Waals surface area (Å²) in [6, 6.07) is 7.16. The van der Waals surface area contributed by atoms with Crippen LogP contribution in [0, 0.1) is 6.92 Å². The van der Waals surface area contributed by atoms with Crippen LogP contribution in [0.25, 0.3) is 0 Å². The molecule has 1 aromatic carbocycles. The molecule has 2 rings (SSSR count). The van der Waals surface area contributed by atoms with Gasteiger partial charge in [0.2, 0.25) is 5.51 Å². The molecule has 0 radical (unpaired) electrons. The molecule has 1 aromatic heterocycles. The minimum atomic E-state index is -4.30. The summed E-state index contributed by atoms with van der Waals surface area (Å²) < 4.78 is 23.7. The average Bonchev–Trinajstić information content (AvgIpc) is 3.33. The summed E-state index contributed by atoms with van der Waals surface area (Å²) in [4.78, 5) is 22.7. The van der Waals surface area contributed by atoms with Crippen molar-refractivity contribution in [3.05, 3.63) is 46.4 Å². The van der Waals surface area contributed by atoms with Gasteiger partial charge in [-0.05, 0) is 18.6 Å². The average molecular weight is 599 g/mol. The first kappa shape index (κ1) is 35.1. The number of phosphoric ester groups is 1. The van der Waals surface area contributed by atoms with Crippen LogP contribution in [0.15, 0.2) is 35.2 Å². The van der Waals surface area contributed by atoms with Gasteiger partial charge in [-0.15, -0.1) is 0 Å². The Morgan fingerprint density at radius 1 is 0.925 bits per heavy atom. The van der Waals surface area contributed by atoms with Crippen LogP contribution >= 0.6 is 19.5 Å². The SMILES string of the molecule is CCCCCCCCCCCCCCCCOC[C@H](CO[P+]([O-])(O)Oc1cccc(C[n+]2cscc2C)c1)OC. The monoisotopic (exact) mass is 598 g/mol. The number of unbranched alkanes of at least 4 members (excludes halogenated alkanes) is 13. The topological polar surface area (TPSA) is 84.1 Å². The molecule has 1 heterocycles. The van der Waals surface area contributed by atoms with E-state index >= 15 is 0 Å². The van der Waals surface area contributed by atoms with Crippen molar-refractivity contribution in [3.8, 4) is 5.75 Å². The molecule has 9 heteroatoms. The quantitative estimate of drug-likeness (QED) is 0.0732. The molecular weight excluding hydrogens is 545 g/mol. The zero-order valence-corrected chi connectivity index (χ0v) is 26.8. The molecule has 228 valence electrons. The van der Waals surface area contributed by atoms with Crippen molar-refractivity contribution >= 4 is 19.5 Å². The second kappa shape index (κ2) is 21.6. The van der Waals surface area contributed by atoms with Gasteiger partial charge < -0.3 is 14.4 Å². The van der Waals surface area contributed by atoms with Crippen LogP contribution in [0.5, 0.6) is 5.75 Å². The van der Waals surface area contributed by atoms with E-state index in [-0.39, 0.29) is 6.61 Å². The highest BCUT2D eigenvalue weighted by Gasteiger charge is 2.31. The molecule has 2 atom stereocenters. The van der Waals surface area contributed by atoms with Crippen molar-refractivity contribution in [1.82, 2.24) is 0 Å². The molecule has 2 aromatic rings. The van der Waals surface area contributed by atoms with Gasteiger partial charge in [0.15, 0.2) is 18.0 Å². The smallest absolute Gasteiger partial charge is 0.426 e. The summed E-state index contributed by atoms with van der Waals surface area (Å²) in [6.45, 7) is 5.84. The number of thiazole rings is 1. The lowest BCUT2D eigenvalue weighted by Gasteiger charge is -2.22. The van der Waals surface area contributed by atoms with Gasteiger partial charge in [-0.3, -0.25) is 4.52 Å². The molecule has 0 aliphatic carbocycles. The molecular formula is C31H53NO6PS+. The predicted molar refractivity (Wildman–Crippen MR) is 162 cm³/mol. The van der Waals surface area contributed by atoms with E-state index < -0.39 is 14.3 Å². The van der Waals surface area contributed by atoms with E-state index in [0.717, 1.165) is 24.1 Å². The Morgan fingerprint density at radius 2 is 1.55 bits per heavy atom. The van der Waals surface area contributed by atoms with Crippen molar-refractivity contribution in [2.24, 2.45) is 0 Å². The highest BCUT2D eigenvalue weighted by Crippen LogP contribution is 2.47. The number of methoxy groups -OCH3 is 1. The molecule has 0 bridgehead atoms. The Hall–Kier alpha value is -1.12. The zero-order chi connectivity index (χ0) is 28.9. The van der Waals surface area contributed by atoms with E-state index in [1.807, 2.05) is 18.5 Å². The van der Waals surface area contributed by atoms with Crippen LogP contribution < -0.4 is 14.0 Å². The first-order valence-electron chi connectivity index (χ1n) is 15.2. The van der Waals surface area contributed by atoms with Crippen LogP contribution in [-0.4, -0.2) is 37.9 Å². The zero-order valence-electron chi connectivity index (χ0n) is 25.1. The molecule has 0 saturated heterocycles. The minimum Gasteiger partial charge on any atom is -0.598 e. The molecule has 0 spiro atoms. The summed E-state index contributed by atoms with van der Waals surface area (Å²) in [5.41, 5.74) is 4.16. The molecule has 40 heavy (non-hydrogen) atoms. The van der Waals surface area contributed by atoms with Crippen LogP contribution in [0.3, 0.4) is 0 Å². The molecule has 1 unspecified atom stereocenters. The Balaban J connectivity index is 1.50. The standard InChI is InChI=1S/C31H52NO6PS/c1-4-5-6-7-8-9-10-11-12-13-14-15-16-17-21-36-24-31(35-3)25-37-39(33,34)38-30-20-18-19-29(22-30)23-32-27-40-26-28(32)2/h18-20,22,26-27,31H,4-17,21,23-25H2,1-3H3/p+1/t31-/m1/s1. The maximum Gasteiger partial charge on any atom is 0.426 e. The van der Waals surface area contributed by atoms with Crippen LogP contribution in [0.4, 0.5) is 0 Å². The van der Waals surface area contributed by atoms with E-state index in [4.69, 9.17) is 18.5 Å². The van der Waals surface area contributed by atoms with Gasteiger partial charge in [0.1, 0.15) is 12.7 Å². The second-order valence-electron chi connectivity index (χ2n) is 10.7. The number of phosphoric acid groups is 1. The third-order valence-corrected chi connectivity index (χ3v) is 8.83. The minimum absolute atomic E-state index is 0.0906. The van der Waals surface area contributed by atoms with Gasteiger partial charge in [0, 0.05) is 26.2 Å². The predicted octanol–water partition coefficient (Wildman–Crippen LogP) is 7.33. The Kier molecular flexibility index (Phi) is 18.9. The van der Waals surface area contributed by atoms with Gasteiger partial charge >= 0.3 is 8.17 Å². The highest BCUT2D eigenvalue weighted by molar-refractivity contribution is 7.53. The number of rotatable bonds is 25. The number of ether oxygens (including phenoxy) is 2.